The van der Waals surface area contributed by atoms with E-state index >= 15 is 0 Å². The van der Waals surface area contributed by atoms with Gasteiger partial charge < -0.3 is 4.43 Å². The molecule has 0 aromatic heterocycles. The molecule has 2 aliphatic rings. The van der Waals surface area contributed by atoms with E-state index in [0.29, 0.717) is 29.5 Å². The molecule has 0 bridgehead atoms. The van der Waals surface area contributed by atoms with E-state index in [0.717, 1.165) is 19.3 Å². The van der Waals surface area contributed by atoms with Crippen LogP contribution in [0.2, 0.25) is 18.1 Å². The summed E-state index contributed by atoms with van der Waals surface area (Å²) in [7, 11) is -1.61. The standard InChI is InChI=1S/C25H46O2Si/c1-9-28(10-2,11-3)27-24(6,7)20(5)15-14-19(4)21-16-17-22-23(26)13-12-18-25(21,22)8/h14-15,19-22H,9-13,16-18H2,1-8H3/t19?,20?,21?,22?,25-/m1/s1. The van der Waals surface area contributed by atoms with Crippen LogP contribution in [-0.2, 0) is 9.22 Å². The van der Waals surface area contributed by atoms with Crippen LogP contribution < -0.4 is 0 Å². The summed E-state index contributed by atoms with van der Waals surface area (Å²) in [5, 5.41) is 0. The monoisotopic (exact) mass is 406 g/mol. The van der Waals surface area contributed by atoms with Gasteiger partial charge in [0, 0.05) is 18.3 Å². The van der Waals surface area contributed by atoms with E-state index in [1.165, 1.54) is 31.0 Å². The average Bonchev–Trinajstić information content (AvgIpc) is 3.02. The number of hydrogen-bond donors (Lipinski definition) is 0. The molecular formula is C25H46O2Si. The lowest BCUT2D eigenvalue weighted by atomic mass is 9.62. The first-order chi connectivity index (χ1) is 13.0. The van der Waals surface area contributed by atoms with Gasteiger partial charge in [-0.1, -0.05) is 53.7 Å². The molecule has 0 amide bonds. The second-order valence-electron chi connectivity index (χ2n) is 10.5. The minimum Gasteiger partial charge on any atom is -0.411 e. The largest absolute Gasteiger partial charge is 0.411 e. The molecule has 5 atom stereocenters. The highest BCUT2D eigenvalue weighted by atomic mass is 28.4. The molecule has 3 heteroatoms. The first-order valence-electron chi connectivity index (χ1n) is 12.0. The number of hydrogen-bond acceptors (Lipinski definition) is 2. The molecule has 2 nitrogen and oxygen atoms in total. The summed E-state index contributed by atoms with van der Waals surface area (Å²) in [4.78, 5) is 12.4. The minimum atomic E-state index is -1.61. The van der Waals surface area contributed by atoms with Crippen molar-refractivity contribution >= 4 is 14.1 Å². The molecule has 0 aromatic rings. The third-order valence-corrected chi connectivity index (χ3v) is 13.6. The van der Waals surface area contributed by atoms with Crippen LogP contribution in [0, 0.1) is 29.1 Å². The Labute approximate surface area is 176 Å². The number of Topliss-reactive ketones (excluding diaryl/α,β-unsaturated/α-hetero) is 1. The van der Waals surface area contributed by atoms with Crippen molar-refractivity contribution in [3.8, 4) is 0 Å². The van der Waals surface area contributed by atoms with Gasteiger partial charge in [0.05, 0.1) is 5.60 Å². The van der Waals surface area contributed by atoms with Crippen molar-refractivity contribution in [2.75, 3.05) is 0 Å². The highest BCUT2D eigenvalue weighted by Crippen LogP contribution is 2.56. The van der Waals surface area contributed by atoms with Crippen LogP contribution in [0.3, 0.4) is 0 Å². The van der Waals surface area contributed by atoms with Crippen LogP contribution in [0.4, 0.5) is 0 Å². The molecule has 2 rings (SSSR count). The third kappa shape index (κ3) is 4.66. The molecule has 0 spiro atoms. The van der Waals surface area contributed by atoms with E-state index in [1.807, 2.05) is 0 Å². The fourth-order valence-electron chi connectivity index (χ4n) is 6.16. The van der Waals surface area contributed by atoms with Crippen LogP contribution in [0.5, 0.6) is 0 Å². The van der Waals surface area contributed by atoms with Crippen molar-refractivity contribution in [1.29, 1.82) is 0 Å². The Morgan fingerprint density at radius 2 is 1.75 bits per heavy atom. The van der Waals surface area contributed by atoms with Gasteiger partial charge in [-0.2, -0.15) is 0 Å². The van der Waals surface area contributed by atoms with Gasteiger partial charge in [0.25, 0.3) is 0 Å². The predicted octanol–water partition coefficient (Wildman–Crippen LogP) is 7.40. The molecule has 0 saturated heterocycles. The molecule has 0 N–H and O–H groups in total. The first-order valence-corrected chi connectivity index (χ1v) is 14.5. The molecule has 28 heavy (non-hydrogen) atoms. The summed E-state index contributed by atoms with van der Waals surface area (Å²) >= 11 is 0. The maximum atomic E-state index is 12.4. The molecule has 0 aliphatic heterocycles. The number of ketones is 1. The molecule has 2 aliphatic carbocycles. The Morgan fingerprint density at radius 3 is 2.32 bits per heavy atom. The van der Waals surface area contributed by atoms with Gasteiger partial charge in [-0.15, -0.1) is 0 Å². The van der Waals surface area contributed by atoms with Crippen LogP contribution in [0.25, 0.3) is 0 Å². The Balaban J connectivity index is 2.06. The molecule has 162 valence electrons. The molecule has 0 radical (unpaired) electrons. The normalized spacial score (nSPS) is 31.2. The third-order valence-electron chi connectivity index (χ3n) is 8.78. The van der Waals surface area contributed by atoms with Crippen molar-refractivity contribution in [3.05, 3.63) is 12.2 Å². The lowest BCUT2D eigenvalue weighted by Crippen LogP contribution is -2.47. The maximum Gasteiger partial charge on any atom is 0.192 e. The molecule has 2 fully saturated rings. The number of rotatable bonds is 9. The van der Waals surface area contributed by atoms with E-state index < -0.39 is 8.32 Å². The zero-order valence-electron chi connectivity index (χ0n) is 19.9. The summed E-state index contributed by atoms with van der Waals surface area (Å²) < 4.78 is 6.86. The average molecular weight is 407 g/mol. The summed E-state index contributed by atoms with van der Waals surface area (Å²) in [6.07, 6.45) is 10.3. The Kier molecular flexibility index (Phi) is 7.81. The SMILES string of the molecule is CC[Si](CC)(CC)OC(C)(C)C(C)C=CC(C)C1CCC2C(=O)CCC[C@@]21C. The maximum absolute atomic E-state index is 12.4. The fraction of sp³-hybridized carbons (Fsp3) is 0.880. The van der Waals surface area contributed by atoms with E-state index in [-0.39, 0.29) is 11.0 Å². The molecule has 0 heterocycles. The first kappa shape index (κ1) is 23.9. The van der Waals surface area contributed by atoms with Gasteiger partial charge in [-0.05, 0) is 74.9 Å². The van der Waals surface area contributed by atoms with Crippen molar-refractivity contribution in [2.45, 2.75) is 111 Å². The molecule has 4 unspecified atom stereocenters. The number of fused-ring (bicyclic) bond motifs is 1. The lowest BCUT2D eigenvalue weighted by molar-refractivity contribution is -0.129. The number of carbonyl (C=O) groups is 1. The van der Waals surface area contributed by atoms with E-state index in [4.69, 9.17) is 4.43 Å². The quantitative estimate of drug-likeness (QED) is 0.294. The zero-order chi connectivity index (χ0) is 21.2. The Bertz CT molecular complexity index is 555. The zero-order valence-corrected chi connectivity index (χ0v) is 20.9. The number of carbonyl (C=O) groups excluding carboxylic acids is 1. The summed E-state index contributed by atoms with van der Waals surface area (Å²) in [6, 6.07) is 3.60. The van der Waals surface area contributed by atoms with Crippen LogP contribution >= 0.6 is 0 Å². The second-order valence-corrected chi connectivity index (χ2v) is 15.2. The summed E-state index contributed by atoms with van der Waals surface area (Å²) in [6.45, 7) is 18.6. The molecular weight excluding hydrogens is 360 g/mol. The topological polar surface area (TPSA) is 26.3 Å². The van der Waals surface area contributed by atoms with Crippen LogP contribution in [0.1, 0.15) is 87.5 Å². The number of allylic oxidation sites excluding steroid dienone is 1. The highest BCUT2D eigenvalue weighted by Gasteiger charge is 2.52. The Hall–Kier alpha value is -0.413. The van der Waals surface area contributed by atoms with Gasteiger partial charge in [-0.3, -0.25) is 4.79 Å². The van der Waals surface area contributed by atoms with Gasteiger partial charge >= 0.3 is 0 Å². The van der Waals surface area contributed by atoms with Crippen LogP contribution in [-0.4, -0.2) is 19.7 Å². The molecule has 2 saturated carbocycles. The Morgan fingerprint density at radius 1 is 1.14 bits per heavy atom. The smallest absolute Gasteiger partial charge is 0.192 e. The second kappa shape index (κ2) is 9.16. The fourth-order valence-corrected chi connectivity index (χ4v) is 9.39. The van der Waals surface area contributed by atoms with Crippen molar-refractivity contribution in [3.63, 3.8) is 0 Å². The highest BCUT2D eigenvalue weighted by molar-refractivity contribution is 6.73. The summed E-state index contributed by atoms with van der Waals surface area (Å²) in [5.74, 6) is 2.43. The van der Waals surface area contributed by atoms with Gasteiger partial charge in [0.1, 0.15) is 5.78 Å². The lowest BCUT2D eigenvalue weighted by Gasteiger charge is -2.42. The van der Waals surface area contributed by atoms with E-state index in [9.17, 15) is 4.79 Å². The van der Waals surface area contributed by atoms with Crippen molar-refractivity contribution < 1.29 is 9.22 Å². The molecule has 0 aromatic carbocycles. The van der Waals surface area contributed by atoms with E-state index in [1.54, 1.807) is 0 Å². The van der Waals surface area contributed by atoms with Crippen LogP contribution in [0.15, 0.2) is 12.2 Å². The van der Waals surface area contributed by atoms with Gasteiger partial charge in [0.15, 0.2) is 8.32 Å². The summed E-state index contributed by atoms with van der Waals surface area (Å²) in [5.41, 5.74) is 0.108. The van der Waals surface area contributed by atoms with Crippen molar-refractivity contribution in [2.24, 2.45) is 29.1 Å². The van der Waals surface area contributed by atoms with Gasteiger partial charge in [0.2, 0.25) is 0 Å². The van der Waals surface area contributed by atoms with Gasteiger partial charge in [-0.25, -0.2) is 0 Å². The van der Waals surface area contributed by atoms with Crippen molar-refractivity contribution in [1.82, 2.24) is 0 Å². The van der Waals surface area contributed by atoms with E-state index in [2.05, 4.69) is 67.5 Å². The predicted molar refractivity (Wildman–Crippen MR) is 123 cm³/mol. The minimum absolute atomic E-state index is 0.118.